The molecule has 1 aromatic heterocycles. The Hall–Kier alpha value is -0.940. The normalized spacial score (nSPS) is 11.7. The molecule has 0 atom stereocenters. The number of benzene rings is 1. The minimum absolute atomic E-state index is 0.0278. The predicted octanol–water partition coefficient (Wildman–Crippen LogP) is 4.28. The Bertz CT molecular complexity index is 592. The molecule has 2 nitrogen and oxygen atoms in total. The van der Waals surface area contributed by atoms with Crippen molar-refractivity contribution in [3.05, 3.63) is 33.5 Å². The number of hydrogen-bond acceptors (Lipinski definition) is 2. The van der Waals surface area contributed by atoms with Crippen LogP contribution >= 0.6 is 15.9 Å². The average molecular weight is 318 g/mol. The van der Waals surface area contributed by atoms with Gasteiger partial charge in [0.25, 0.3) is 0 Å². The predicted molar refractivity (Wildman–Crippen MR) is 70.5 cm³/mol. The molecule has 1 heterocycles. The quantitative estimate of drug-likeness (QED) is 0.855. The molecule has 5 heteroatoms. The van der Waals surface area contributed by atoms with Gasteiger partial charge in [-0.05, 0) is 28.9 Å². The van der Waals surface area contributed by atoms with E-state index in [1.165, 1.54) is 0 Å². The van der Waals surface area contributed by atoms with Gasteiger partial charge in [-0.3, -0.25) is 0 Å². The Kier molecular flexibility index (Phi) is 3.73. The van der Waals surface area contributed by atoms with Crippen molar-refractivity contribution in [2.45, 2.75) is 33.4 Å². The summed E-state index contributed by atoms with van der Waals surface area (Å²) in [7, 11) is 0. The van der Waals surface area contributed by atoms with Gasteiger partial charge >= 0.3 is 0 Å². The molecule has 1 aromatic carbocycles. The van der Waals surface area contributed by atoms with Crippen LogP contribution in [0.4, 0.5) is 8.78 Å². The summed E-state index contributed by atoms with van der Waals surface area (Å²) < 4.78 is 32.9. The summed E-state index contributed by atoms with van der Waals surface area (Å²) in [5.41, 5.74) is 0.795. The largest absolute Gasteiger partial charge is 0.456 e. The van der Waals surface area contributed by atoms with Gasteiger partial charge in [-0.1, -0.05) is 13.8 Å². The van der Waals surface area contributed by atoms with Gasteiger partial charge in [0, 0.05) is 21.5 Å². The van der Waals surface area contributed by atoms with E-state index in [1.807, 2.05) is 20.8 Å². The zero-order valence-electron chi connectivity index (χ0n) is 10.4. The van der Waals surface area contributed by atoms with Crippen LogP contribution < -0.4 is 5.32 Å². The van der Waals surface area contributed by atoms with E-state index in [-0.39, 0.29) is 5.58 Å². The molecule has 18 heavy (non-hydrogen) atoms. The van der Waals surface area contributed by atoms with Crippen LogP contribution in [0.15, 0.2) is 15.0 Å². The van der Waals surface area contributed by atoms with Crippen LogP contribution in [0, 0.1) is 18.6 Å². The van der Waals surface area contributed by atoms with Crippen LogP contribution in [0.3, 0.4) is 0 Å². The minimum Gasteiger partial charge on any atom is -0.456 e. The lowest BCUT2D eigenvalue weighted by atomic mass is 10.1. The number of hydrogen-bond donors (Lipinski definition) is 1. The Labute approximate surface area is 112 Å². The molecule has 0 amide bonds. The molecule has 1 N–H and O–H groups in total. The molecule has 0 radical (unpaired) electrons. The van der Waals surface area contributed by atoms with E-state index < -0.39 is 11.6 Å². The van der Waals surface area contributed by atoms with E-state index in [0.29, 0.717) is 28.2 Å². The first kappa shape index (κ1) is 13.5. The summed E-state index contributed by atoms with van der Waals surface area (Å²) in [6, 6.07) is 1.42. The fourth-order valence-electron chi connectivity index (χ4n) is 1.82. The molecule has 0 spiro atoms. The number of halogens is 3. The smallest absolute Gasteiger partial charge is 0.201 e. The molecule has 0 bridgehead atoms. The maximum atomic E-state index is 13.7. The first-order valence-corrected chi connectivity index (χ1v) is 6.50. The summed E-state index contributed by atoms with van der Waals surface area (Å²) in [4.78, 5) is 0. The second-order valence-electron chi connectivity index (χ2n) is 4.54. The standard InChI is InChI=1S/C13H14BrF2NO/c1-6(2)17-5-10-7(3)11-8(14)4-9(15)12(16)13(11)18-10/h4,6,17H,5H2,1-3H3. The highest BCUT2D eigenvalue weighted by molar-refractivity contribution is 9.10. The monoisotopic (exact) mass is 317 g/mol. The van der Waals surface area contributed by atoms with E-state index in [9.17, 15) is 8.78 Å². The molecule has 0 unspecified atom stereocenters. The van der Waals surface area contributed by atoms with E-state index in [1.54, 1.807) is 0 Å². The summed E-state index contributed by atoms with van der Waals surface area (Å²) in [6.45, 7) is 6.35. The SMILES string of the molecule is Cc1c(CNC(C)C)oc2c(F)c(F)cc(Br)c12. The Morgan fingerprint density at radius 2 is 2.06 bits per heavy atom. The lowest BCUT2D eigenvalue weighted by Crippen LogP contribution is -2.21. The molecule has 0 aliphatic heterocycles. The third kappa shape index (κ3) is 2.29. The van der Waals surface area contributed by atoms with Crippen molar-refractivity contribution in [3.8, 4) is 0 Å². The van der Waals surface area contributed by atoms with Crippen LogP contribution in [-0.2, 0) is 6.54 Å². The maximum Gasteiger partial charge on any atom is 0.201 e. The number of nitrogens with one attached hydrogen (secondary N) is 1. The van der Waals surface area contributed by atoms with Gasteiger partial charge < -0.3 is 9.73 Å². The molecular formula is C13H14BrF2NO. The van der Waals surface area contributed by atoms with Gasteiger partial charge in [-0.15, -0.1) is 0 Å². The first-order chi connectivity index (χ1) is 8.41. The molecule has 0 saturated heterocycles. The highest BCUT2D eigenvalue weighted by Gasteiger charge is 2.19. The number of aryl methyl sites for hydroxylation is 1. The summed E-state index contributed by atoms with van der Waals surface area (Å²) in [5, 5.41) is 3.78. The van der Waals surface area contributed by atoms with Crippen LogP contribution in [0.2, 0.25) is 0 Å². The number of rotatable bonds is 3. The molecular weight excluding hydrogens is 304 g/mol. The fraction of sp³-hybridized carbons (Fsp3) is 0.385. The van der Waals surface area contributed by atoms with Crippen molar-refractivity contribution in [1.29, 1.82) is 0 Å². The van der Waals surface area contributed by atoms with Gasteiger partial charge in [0.05, 0.1) is 6.54 Å². The van der Waals surface area contributed by atoms with Crippen molar-refractivity contribution >= 4 is 26.9 Å². The number of fused-ring (bicyclic) bond motifs is 1. The van der Waals surface area contributed by atoms with Crippen LogP contribution in [-0.4, -0.2) is 6.04 Å². The Morgan fingerprint density at radius 3 is 2.67 bits per heavy atom. The van der Waals surface area contributed by atoms with E-state index in [2.05, 4.69) is 21.2 Å². The van der Waals surface area contributed by atoms with Crippen LogP contribution in [0.25, 0.3) is 11.0 Å². The summed E-state index contributed by atoms with van der Waals surface area (Å²) in [6.07, 6.45) is 0. The molecule has 2 rings (SSSR count). The van der Waals surface area contributed by atoms with E-state index in [0.717, 1.165) is 11.6 Å². The molecule has 2 aromatic rings. The van der Waals surface area contributed by atoms with Gasteiger partial charge in [0.1, 0.15) is 5.76 Å². The van der Waals surface area contributed by atoms with Crippen molar-refractivity contribution in [2.24, 2.45) is 0 Å². The molecule has 0 fully saturated rings. The Balaban J connectivity index is 2.55. The topological polar surface area (TPSA) is 25.2 Å². The lowest BCUT2D eigenvalue weighted by molar-refractivity contribution is 0.457. The fourth-order valence-corrected chi connectivity index (χ4v) is 2.50. The molecule has 0 aliphatic rings. The highest BCUT2D eigenvalue weighted by atomic mass is 79.9. The average Bonchev–Trinajstić information content (AvgIpc) is 2.61. The zero-order valence-corrected chi connectivity index (χ0v) is 12.0. The van der Waals surface area contributed by atoms with Gasteiger partial charge in [0.15, 0.2) is 11.4 Å². The third-order valence-corrected chi connectivity index (χ3v) is 3.44. The molecule has 98 valence electrons. The minimum atomic E-state index is -0.938. The van der Waals surface area contributed by atoms with Crippen LogP contribution in [0.5, 0.6) is 0 Å². The third-order valence-electron chi connectivity index (χ3n) is 2.82. The van der Waals surface area contributed by atoms with Gasteiger partial charge in [-0.25, -0.2) is 4.39 Å². The van der Waals surface area contributed by atoms with E-state index in [4.69, 9.17) is 4.42 Å². The molecule has 0 aliphatic carbocycles. The lowest BCUT2D eigenvalue weighted by Gasteiger charge is -2.05. The summed E-state index contributed by atoms with van der Waals surface area (Å²) in [5.74, 6) is -1.22. The van der Waals surface area contributed by atoms with Crippen LogP contribution in [0.1, 0.15) is 25.2 Å². The first-order valence-electron chi connectivity index (χ1n) is 5.70. The number of furan rings is 1. The zero-order chi connectivity index (χ0) is 13.4. The molecule has 0 saturated carbocycles. The van der Waals surface area contributed by atoms with Crippen molar-refractivity contribution in [3.63, 3.8) is 0 Å². The van der Waals surface area contributed by atoms with Crippen molar-refractivity contribution < 1.29 is 13.2 Å². The van der Waals surface area contributed by atoms with Gasteiger partial charge in [-0.2, -0.15) is 4.39 Å². The van der Waals surface area contributed by atoms with E-state index >= 15 is 0 Å². The Morgan fingerprint density at radius 1 is 1.39 bits per heavy atom. The van der Waals surface area contributed by atoms with Crippen molar-refractivity contribution in [1.82, 2.24) is 5.32 Å². The second-order valence-corrected chi connectivity index (χ2v) is 5.40. The van der Waals surface area contributed by atoms with Gasteiger partial charge in [0.2, 0.25) is 5.82 Å². The second kappa shape index (κ2) is 4.97. The van der Waals surface area contributed by atoms with Crippen molar-refractivity contribution in [2.75, 3.05) is 0 Å². The highest BCUT2D eigenvalue weighted by Crippen LogP contribution is 2.34. The summed E-state index contributed by atoms with van der Waals surface area (Å²) >= 11 is 3.24. The maximum absolute atomic E-state index is 13.7.